The van der Waals surface area contributed by atoms with E-state index in [2.05, 4.69) is 22.8 Å². The molecule has 0 saturated carbocycles. The third kappa shape index (κ3) is 4.01. The molecule has 0 saturated heterocycles. The van der Waals surface area contributed by atoms with Gasteiger partial charge in [-0.05, 0) is 17.0 Å². The number of thiophene rings is 2. The second-order valence-electron chi connectivity index (χ2n) is 5.83. The van der Waals surface area contributed by atoms with E-state index in [0.29, 0.717) is 19.8 Å². The number of rotatable bonds is 8. The van der Waals surface area contributed by atoms with E-state index in [1.165, 1.54) is 0 Å². The quantitative estimate of drug-likeness (QED) is 0.428. The fourth-order valence-corrected chi connectivity index (χ4v) is 4.43. The van der Waals surface area contributed by atoms with Gasteiger partial charge in [0.1, 0.15) is 10.6 Å². The normalized spacial score (nSPS) is 11.1. The maximum absolute atomic E-state index is 8.84. The lowest BCUT2D eigenvalue weighted by Crippen LogP contribution is -2.12. The summed E-state index contributed by atoms with van der Waals surface area (Å²) in [5.41, 5.74) is 2.28. The second kappa shape index (κ2) is 8.58. The van der Waals surface area contributed by atoms with Crippen LogP contribution in [0.25, 0.3) is 32.0 Å². The molecule has 1 aromatic carbocycles. The molecule has 0 aliphatic rings. The zero-order valence-corrected chi connectivity index (χ0v) is 16.2. The lowest BCUT2D eigenvalue weighted by Gasteiger charge is -2.10. The first-order valence-electron chi connectivity index (χ1n) is 8.68. The summed E-state index contributed by atoms with van der Waals surface area (Å²) in [4.78, 5) is 11.6. The Morgan fingerprint density at radius 3 is 2.67 bits per heavy atom. The summed E-state index contributed by atoms with van der Waals surface area (Å²) in [6.45, 7) is 1.49. The molecule has 4 aromatic rings. The first-order valence-corrected chi connectivity index (χ1v) is 10.4. The minimum atomic E-state index is 0.0307. The zero-order valence-electron chi connectivity index (χ0n) is 14.6. The molecule has 0 atom stereocenters. The number of nitrogens with one attached hydrogen (secondary N) is 1. The molecule has 2 N–H and O–H groups in total. The molecule has 5 nitrogen and oxygen atoms in total. The van der Waals surface area contributed by atoms with Crippen LogP contribution < -0.4 is 5.32 Å². The smallest absolute Gasteiger partial charge is 0.173 e. The van der Waals surface area contributed by atoms with E-state index in [1.807, 2.05) is 35.7 Å². The monoisotopic (exact) mass is 397 g/mol. The maximum atomic E-state index is 8.84. The van der Waals surface area contributed by atoms with Crippen LogP contribution in [0.4, 0.5) is 5.82 Å². The highest BCUT2D eigenvalue weighted by Crippen LogP contribution is 2.38. The van der Waals surface area contributed by atoms with Gasteiger partial charge < -0.3 is 15.2 Å². The van der Waals surface area contributed by atoms with Gasteiger partial charge in [0, 0.05) is 17.5 Å². The summed E-state index contributed by atoms with van der Waals surface area (Å²) >= 11 is 3.26. The van der Waals surface area contributed by atoms with Gasteiger partial charge in [-0.2, -0.15) is 0 Å². The number of aromatic nitrogens is 2. The van der Waals surface area contributed by atoms with Crippen LogP contribution >= 0.6 is 22.7 Å². The number of nitrogens with zero attached hydrogens (tertiary/aromatic N) is 2. The van der Waals surface area contributed by atoms with E-state index in [9.17, 15) is 0 Å². The molecule has 7 heteroatoms. The topological polar surface area (TPSA) is 67.3 Å². The molecule has 3 aromatic heterocycles. The van der Waals surface area contributed by atoms with Crippen molar-refractivity contribution in [1.29, 1.82) is 0 Å². The van der Waals surface area contributed by atoms with Crippen molar-refractivity contribution in [3.8, 4) is 21.8 Å². The summed E-state index contributed by atoms with van der Waals surface area (Å²) in [5.74, 6) is 1.55. The van der Waals surface area contributed by atoms with Crippen LogP contribution in [0, 0.1) is 0 Å². The summed E-state index contributed by atoms with van der Waals surface area (Å²) < 4.78 is 5.36. The highest BCUT2D eigenvalue weighted by molar-refractivity contribution is 7.17. The van der Waals surface area contributed by atoms with Crippen molar-refractivity contribution in [3.05, 3.63) is 53.2 Å². The lowest BCUT2D eigenvalue weighted by atomic mass is 10.1. The maximum Gasteiger partial charge on any atom is 0.173 e. The first kappa shape index (κ1) is 18.1. The van der Waals surface area contributed by atoms with Crippen LogP contribution in [0.1, 0.15) is 0 Å². The molecular weight excluding hydrogens is 378 g/mol. The van der Waals surface area contributed by atoms with Crippen LogP contribution in [0.5, 0.6) is 0 Å². The molecule has 0 spiro atoms. The molecule has 0 aliphatic carbocycles. The van der Waals surface area contributed by atoms with Crippen LogP contribution in [-0.4, -0.2) is 41.4 Å². The van der Waals surface area contributed by atoms with Gasteiger partial charge in [0.2, 0.25) is 0 Å². The highest BCUT2D eigenvalue weighted by atomic mass is 32.1. The molecule has 0 radical (unpaired) electrons. The van der Waals surface area contributed by atoms with Gasteiger partial charge in [-0.3, -0.25) is 0 Å². The Morgan fingerprint density at radius 2 is 1.89 bits per heavy atom. The molecule has 27 heavy (non-hydrogen) atoms. The Kier molecular flexibility index (Phi) is 5.74. The number of aliphatic hydroxyl groups is 1. The average Bonchev–Trinajstić information content (AvgIpc) is 3.38. The molecule has 0 amide bonds. The van der Waals surface area contributed by atoms with Gasteiger partial charge in [-0.1, -0.05) is 36.4 Å². The average molecular weight is 398 g/mol. The molecule has 138 valence electrons. The van der Waals surface area contributed by atoms with Crippen LogP contribution in [0.15, 0.2) is 53.2 Å². The van der Waals surface area contributed by atoms with E-state index in [-0.39, 0.29) is 6.61 Å². The summed E-state index contributed by atoms with van der Waals surface area (Å²) in [7, 11) is 0. The molecule has 0 aliphatic heterocycles. The second-order valence-corrected chi connectivity index (χ2v) is 7.64. The van der Waals surface area contributed by atoms with E-state index in [1.54, 1.807) is 22.7 Å². The minimum Gasteiger partial charge on any atom is -0.394 e. The van der Waals surface area contributed by atoms with E-state index >= 15 is 0 Å². The van der Waals surface area contributed by atoms with Gasteiger partial charge in [-0.15, -0.1) is 22.7 Å². The van der Waals surface area contributed by atoms with Crippen LogP contribution in [0.2, 0.25) is 0 Å². The summed E-state index contributed by atoms with van der Waals surface area (Å²) in [6.07, 6.45) is 0. The van der Waals surface area contributed by atoms with Crippen LogP contribution in [-0.2, 0) is 4.74 Å². The number of fused-ring (bicyclic) bond motifs is 1. The lowest BCUT2D eigenvalue weighted by molar-refractivity contribution is 0.0992. The van der Waals surface area contributed by atoms with E-state index in [4.69, 9.17) is 19.8 Å². The Bertz CT molecular complexity index is 1000. The molecular formula is C20H19N3O2S2. The first-order chi connectivity index (χ1) is 13.4. The number of benzene rings is 1. The Hall–Kier alpha value is -2.32. The van der Waals surface area contributed by atoms with Crippen molar-refractivity contribution in [2.45, 2.75) is 0 Å². The summed E-state index contributed by atoms with van der Waals surface area (Å²) in [5, 5.41) is 17.4. The molecule has 0 bridgehead atoms. The Balaban J connectivity index is 1.74. The van der Waals surface area contributed by atoms with Gasteiger partial charge in [0.15, 0.2) is 5.82 Å². The van der Waals surface area contributed by atoms with Crippen molar-refractivity contribution in [2.75, 3.05) is 31.7 Å². The fraction of sp³-hybridized carbons (Fsp3) is 0.200. The minimum absolute atomic E-state index is 0.0307. The SMILES string of the molecule is OCCOCCNc1nc(-c2cccs2)nc2scc(-c3ccccc3)c12. The van der Waals surface area contributed by atoms with E-state index in [0.717, 1.165) is 37.9 Å². The van der Waals surface area contributed by atoms with Crippen molar-refractivity contribution in [1.82, 2.24) is 9.97 Å². The number of anilines is 1. The van der Waals surface area contributed by atoms with Crippen molar-refractivity contribution in [3.63, 3.8) is 0 Å². The number of ether oxygens (including phenoxy) is 1. The molecule has 0 unspecified atom stereocenters. The Labute approximate surface area is 165 Å². The van der Waals surface area contributed by atoms with Gasteiger partial charge >= 0.3 is 0 Å². The largest absolute Gasteiger partial charge is 0.394 e. The zero-order chi connectivity index (χ0) is 18.5. The predicted octanol–water partition coefficient (Wildman–Crippen LogP) is 4.51. The number of hydrogen-bond donors (Lipinski definition) is 2. The van der Waals surface area contributed by atoms with Crippen molar-refractivity contribution in [2.24, 2.45) is 0 Å². The predicted molar refractivity (Wildman–Crippen MR) is 113 cm³/mol. The van der Waals surface area contributed by atoms with E-state index < -0.39 is 0 Å². The molecule has 3 heterocycles. The standard InChI is InChI=1S/C20H19N3O2S2/c24-9-11-25-10-8-21-19-17-15(14-5-2-1-3-6-14)13-27-20(17)23-18(22-19)16-7-4-12-26-16/h1-7,12-13,24H,8-11H2,(H,21,22,23). The summed E-state index contributed by atoms with van der Waals surface area (Å²) in [6, 6.07) is 14.3. The number of hydrogen-bond acceptors (Lipinski definition) is 7. The molecule has 4 rings (SSSR count). The van der Waals surface area contributed by atoms with Crippen LogP contribution in [0.3, 0.4) is 0 Å². The third-order valence-electron chi connectivity index (χ3n) is 4.03. The van der Waals surface area contributed by atoms with Gasteiger partial charge in [0.05, 0.1) is 30.1 Å². The molecule has 0 fully saturated rings. The van der Waals surface area contributed by atoms with Crippen molar-refractivity contribution < 1.29 is 9.84 Å². The number of aliphatic hydroxyl groups excluding tert-OH is 1. The Morgan fingerprint density at radius 1 is 1.00 bits per heavy atom. The third-order valence-corrected chi connectivity index (χ3v) is 5.77. The highest BCUT2D eigenvalue weighted by Gasteiger charge is 2.16. The van der Waals surface area contributed by atoms with Gasteiger partial charge in [-0.25, -0.2) is 9.97 Å². The van der Waals surface area contributed by atoms with Crippen molar-refractivity contribution >= 4 is 38.7 Å². The fourth-order valence-electron chi connectivity index (χ4n) is 2.82. The van der Waals surface area contributed by atoms with Gasteiger partial charge in [0.25, 0.3) is 0 Å².